The molecule has 2 aromatic heterocycles. The second-order valence-corrected chi connectivity index (χ2v) is 4.72. The number of rotatable bonds is 1. The van der Waals surface area contributed by atoms with Gasteiger partial charge in [-0.25, -0.2) is 4.39 Å². The van der Waals surface area contributed by atoms with Gasteiger partial charge in [0.25, 0.3) is 0 Å². The molecule has 0 fully saturated rings. The van der Waals surface area contributed by atoms with Crippen molar-refractivity contribution >= 4 is 22.2 Å². The van der Waals surface area contributed by atoms with Crippen LogP contribution >= 0.6 is 11.3 Å². The molecule has 80 valence electrons. The number of fused-ring (bicyclic) bond motifs is 1. The van der Waals surface area contributed by atoms with Gasteiger partial charge in [0.05, 0.1) is 16.1 Å². The van der Waals surface area contributed by atoms with Crippen LogP contribution in [-0.4, -0.2) is 4.57 Å². The molecular weight excluding hydrogens is 221 g/mol. The fourth-order valence-corrected chi connectivity index (χ4v) is 2.74. The van der Waals surface area contributed by atoms with Gasteiger partial charge >= 0.3 is 0 Å². The Hall–Kier alpha value is -1.61. The van der Waals surface area contributed by atoms with E-state index < -0.39 is 0 Å². The summed E-state index contributed by atoms with van der Waals surface area (Å²) in [5.41, 5.74) is 2.07. The van der Waals surface area contributed by atoms with E-state index in [1.807, 2.05) is 29.1 Å². The number of benzene rings is 1. The summed E-state index contributed by atoms with van der Waals surface area (Å²) in [6.45, 7) is 0. The molecule has 0 N–H and O–H groups in total. The summed E-state index contributed by atoms with van der Waals surface area (Å²) in [5.74, 6) is -0.188. The van der Waals surface area contributed by atoms with E-state index in [0.717, 1.165) is 16.6 Å². The number of aromatic nitrogens is 1. The van der Waals surface area contributed by atoms with Crippen molar-refractivity contribution in [2.45, 2.75) is 0 Å². The summed E-state index contributed by atoms with van der Waals surface area (Å²) in [7, 11) is 1.97. The molecule has 0 spiro atoms. The Kier molecular flexibility index (Phi) is 2.07. The van der Waals surface area contributed by atoms with Crippen molar-refractivity contribution in [3.8, 4) is 10.6 Å². The first kappa shape index (κ1) is 9.60. The van der Waals surface area contributed by atoms with Crippen LogP contribution < -0.4 is 0 Å². The Morgan fingerprint density at radius 1 is 1.19 bits per heavy atom. The zero-order chi connectivity index (χ0) is 11.1. The molecule has 0 saturated carbocycles. The van der Waals surface area contributed by atoms with Crippen molar-refractivity contribution in [1.82, 2.24) is 4.57 Å². The van der Waals surface area contributed by atoms with E-state index in [4.69, 9.17) is 0 Å². The van der Waals surface area contributed by atoms with Gasteiger partial charge < -0.3 is 4.57 Å². The highest BCUT2D eigenvalue weighted by Gasteiger charge is 2.08. The maximum atomic E-state index is 13.2. The maximum Gasteiger partial charge on any atom is 0.125 e. The van der Waals surface area contributed by atoms with Gasteiger partial charge in [0.2, 0.25) is 0 Å². The van der Waals surface area contributed by atoms with Gasteiger partial charge in [0, 0.05) is 12.4 Å². The molecule has 0 unspecified atom stereocenters. The minimum absolute atomic E-state index is 0.188. The first-order valence-electron chi connectivity index (χ1n) is 5.04. The number of hydrogen-bond donors (Lipinski definition) is 0. The first-order chi connectivity index (χ1) is 7.75. The molecular formula is C13H10FNS. The van der Waals surface area contributed by atoms with E-state index in [9.17, 15) is 4.39 Å². The SMILES string of the molecule is Cn1c(-c2cccs2)cc2ccc(F)cc21. The number of halogens is 1. The number of aryl methyl sites for hydroxylation is 1. The van der Waals surface area contributed by atoms with Gasteiger partial charge in [0.1, 0.15) is 5.82 Å². The van der Waals surface area contributed by atoms with Gasteiger partial charge in [-0.05, 0) is 35.7 Å². The second-order valence-electron chi connectivity index (χ2n) is 3.77. The number of nitrogens with zero attached hydrogens (tertiary/aromatic N) is 1. The highest BCUT2D eigenvalue weighted by molar-refractivity contribution is 7.13. The molecule has 0 saturated heterocycles. The second kappa shape index (κ2) is 3.46. The lowest BCUT2D eigenvalue weighted by molar-refractivity contribution is 0.629. The van der Waals surface area contributed by atoms with E-state index in [0.29, 0.717) is 0 Å². The van der Waals surface area contributed by atoms with Crippen LogP contribution in [-0.2, 0) is 7.05 Å². The Morgan fingerprint density at radius 3 is 2.81 bits per heavy atom. The summed E-state index contributed by atoms with van der Waals surface area (Å²) in [5, 5.41) is 3.13. The molecule has 0 amide bonds. The zero-order valence-corrected chi connectivity index (χ0v) is 9.59. The first-order valence-corrected chi connectivity index (χ1v) is 5.92. The molecule has 3 heteroatoms. The molecule has 3 aromatic rings. The molecule has 0 aliphatic rings. The predicted molar refractivity (Wildman–Crippen MR) is 66.2 cm³/mol. The van der Waals surface area contributed by atoms with E-state index in [1.165, 1.54) is 10.9 Å². The average Bonchev–Trinajstić information content (AvgIpc) is 2.87. The summed E-state index contributed by atoms with van der Waals surface area (Å²) in [6.07, 6.45) is 0. The minimum Gasteiger partial charge on any atom is -0.343 e. The number of hydrogen-bond acceptors (Lipinski definition) is 1. The van der Waals surface area contributed by atoms with Crippen LogP contribution in [0, 0.1) is 5.82 Å². The Morgan fingerprint density at radius 2 is 2.06 bits per heavy atom. The van der Waals surface area contributed by atoms with Crippen molar-refractivity contribution in [1.29, 1.82) is 0 Å². The fourth-order valence-electron chi connectivity index (χ4n) is 1.96. The molecule has 0 aliphatic heterocycles. The Bertz CT molecular complexity index is 637. The fraction of sp³-hybridized carbons (Fsp3) is 0.0769. The van der Waals surface area contributed by atoms with Gasteiger partial charge in [-0.2, -0.15) is 0 Å². The number of thiophene rings is 1. The van der Waals surface area contributed by atoms with Gasteiger partial charge in [-0.15, -0.1) is 11.3 Å². The lowest BCUT2D eigenvalue weighted by Crippen LogP contribution is -1.89. The van der Waals surface area contributed by atoms with E-state index in [1.54, 1.807) is 17.4 Å². The van der Waals surface area contributed by atoms with Crippen LogP contribution in [0.2, 0.25) is 0 Å². The third-order valence-electron chi connectivity index (χ3n) is 2.78. The third kappa shape index (κ3) is 1.36. The molecule has 0 aliphatic carbocycles. The summed E-state index contributed by atoms with van der Waals surface area (Å²) in [4.78, 5) is 1.21. The predicted octanol–water partition coefficient (Wildman–Crippen LogP) is 4.05. The van der Waals surface area contributed by atoms with Crippen molar-refractivity contribution < 1.29 is 4.39 Å². The van der Waals surface area contributed by atoms with Gasteiger partial charge in [-0.1, -0.05) is 6.07 Å². The average molecular weight is 231 g/mol. The van der Waals surface area contributed by atoms with Gasteiger partial charge in [0.15, 0.2) is 0 Å². The van der Waals surface area contributed by atoms with Crippen LogP contribution in [0.1, 0.15) is 0 Å². The van der Waals surface area contributed by atoms with Crippen LogP contribution in [0.15, 0.2) is 41.8 Å². The summed E-state index contributed by atoms with van der Waals surface area (Å²) in [6, 6.07) is 11.1. The van der Waals surface area contributed by atoms with E-state index in [2.05, 4.69) is 12.1 Å². The molecule has 0 atom stereocenters. The molecule has 1 aromatic carbocycles. The van der Waals surface area contributed by atoms with Crippen LogP contribution in [0.5, 0.6) is 0 Å². The molecule has 1 nitrogen and oxygen atoms in total. The minimum atomic E-state index is -0.188. The Labute approximate surface area is 96.8 Å². The van der Waals surface area contributed by atoms with Gasteiger partial charge in [-0.3, -0.25) is 0 Å². The maximum absolute atomic E-state index is 13.2. The lowest BCUT2D eigenvalue weighted by atomic mass is 10.2. The van der Waals surface area contributed by atoms with Crippen molar-refractivity contribution in [2.75, 3.05) is 0 Å². The zero-order valence-electron chi connectivity index (χ0n) is 8.77. The van der Waals surface area contributed by atoms with Crippen LogP contribution in [0.4, 0.5) is 4.39 Å². The van der Waals surface area contributed by atoms with Crippen molar-refractivity contribution in [3.63, 3.8) is 0 Å². The monoisotopic (exact) mass is 231 g/mol. The molecule has 16 heavy (non-hydrogen) atoms. The molecule has 3 rings (SSSR count). The third-order valence-corrected chi connectivity index (χ3v) is 3.67. The molecule has 2 heterocycles. The highest BCUT2D eigenvalue weighted by Crippen LogP contribution is 2.30. The van der Waals surface area contributed by atoms with Crippen LogP contribution in [0.25, 0.3) is 21.5 Å². The summed E-state index contributed by atoms with van der Waals surface area (Å²) >= 11 is 1.70. The molecule has 0 radical (unpaired) electrons. The smallest absolute Gasteiger partial charge is 0.125 e. The van der Waals surface area contributed by atoms with Crippen molar-refractivity contribution in [2.24, 2.45) is 7.05 Å². The highest BCUT2D eigenvalue weighted by atomic mass is 32.1. The van der Waals surface area contributed by atoms with E-state index in [-0.39, 0.29) is 5.82 Å². The lowest BCUT2D eigenvalue weighted by Gasteiger charge is -2.01. The topological polar surface area (TPSA) is 4.93 Å². The normalized spacial score (nSPS) is 11.1. The molecule has 0 bridgehead atoms. The van der Waals surface area contributed by atoms with Crippen molar-refractivity contribution in [3.05, 3.63) is 47.6 Å². The largest absolute Gasteiger partial charge is 0.343 e. The quantitative estimate of drug-likeness (QED) is 0.595. The van der Waals surface area contributed by atoms with E-state index >= 15 is 0 Å². The van der Waals surface area contributed by atoms with Crippen LogP contribution in [0.3, 0.4) is 0 Å². The standard InChI is InChI=1S/C13H10FNS/c1-15-11-8-10(14)5-4-9(11)7-12(15)13-3-2-6-16-13/h2-8H,1H3. The summed E-state index contributed by atoms with van der Waals surface area (Å²) < 4.78 is 15.2. The Balaban J connectivity index is 2.32.